The fourth-order valence-corrected chi connectivity index (χ4v) is 1.23. The zero-order valence-corrected chi connectivity index (χ0v) is 17.7. The minimum absolute atomic E-state index is 0.0247. The summed E-state index contributed by atoms with van der Waals surface area (Å²) in [6.07, 6.45) is 0. The molecule has 0 aliphatic heterocycles. The number of nitrogens with two attached hydrogens (primary N) is 2. The van der Waals surface area contributed by atoms with Crippen molar-refractivity contribution in [3.8, 4) is 6.07 Å². The zero-order chi connectivity index (χ0) is 20.6. The van der Waals surface area contributed by atoms with E-state index in [0.29, 0.717) is 5.41 Å². The molecule has 25 heavy (non-hydrogen) atoms. The molecule has 6 nitrogen and oxygen atoms in total. The molecule has 0 aliphatic rings. The van der Waals surface area contributed by atoms with E-state index in [2.05, 4.69) is 46.6 Å². The number of Topliss-reactive ketones (excluding diaryl/α,β-unsaturated/α-hetero) is 1. The number of ketones is 1. The van der Waals surface area contributed by atoms with Crippen LogP contribution in [-0.4, -0.2) is 22.1 Å². The lowest BCUT2D eigenvalue weighted by Crippen LogP contribution is -2.24. The van der Waals surface area contributed by atoms with E-state index in [1.165, 1.54) is 6.92 Å². The third-order valence-corrected chi connectivity index (χ3v) is 3.46. The fraction of sp³-hybridized carbons (Fsp3) is 0.737. The monoisotopic (exact) mass is 351 g/mol. The Bertz CT molecular complexity index is 583. The van der Waals surface area contributed by atoms with Gasteiger partial charge in [-0.15, -0.1) is 0 Å². The summed E-state index contributed by atoms with van der Waals surface area (Å²) in [6.45, 7) is 20.4. The van der Waals surface area contributed by atoms with Crippen LogP contribution in [0.1, 0.15) is 66.6 Å². The van der Waals surface area contributed by atoms with Gasteiger partial charge in [0.15, 0.2) is 0 Å². The van der Waals surface area contributed by atoms with Crippen molar-refractivity contribution >= 4 is 11.6 Å². The molecule has 144 valence electrons. The second kappa shape index (κ2) is 10.2. The Kier molecular flexibility index (Phi) is 10.3. The molecule has 0 saturated heterocycles. The van der Waals surface area contributed by atoms with Gasteiger partial charge in [0, 0.05) is 5.56 Å². The first-order valence-corrected chi connectivity index (χ1v) is 8.50. The van der Waals surface area contributed by atoms with Crippen molar-refractivity contribution in [1.82, 2.24) is 9.78 Å². The van der Waals surface area contributed by atoms with Crippen LogP contribution >= 0.6 is 0 Å². The van der Waals surface area contributed by atoms with E-state index in [1.54, 1.807) is 6.92 Å². The summed E-state index contributed by atoms with van der Waals surface area (Å²) in [4.78, 5) is 10.2. The number of aromatic nitrogens is 2. The highest BCUT2D eigenvalue weighted by atomic mass is 16.1. The second-order valence-corrected chi connectivity index (χ2v) is 8.40. The maximum atomic E-state index is 10.2. The van der Waals surface area contributed by atoms with Crippen molar-refractivity contribution < 1.29 is 4.79 Å². The van der Waals surface area contributed by atoms with Crippen LogP contribution < -0.4 is 11.5 Å². The number of anilines is 1. The highest BCUT2D eigenvalue weighted by Crippen LogP contribution is 2.22. The lowest BCUT2D eigenvalue weighted by atomic mass is 9.98. The number of nitriles is 1. The first-order chi connectivity index (χ1) is 11.1. The van der Waals surface area contributed by atoms with Gasteiger partial charge in [-0.25, -0.2) is 4.68 Å². The molecular weight excluding hydrogens is 314 g/mol. The molecule has 0 fully saturated rings. The number of aryl methyl sites for hydroxylation is 1. The zero-order valence-electron chi connectivity index (χ0n) is 17.7. The van der Waals surface area contributed by atoms with Crippen molar-refractivity contribution in [3.05, 3.63) is 11.3 Å². The third-order valence-electron chi connectivity index (χ3n) is 3.46. The molecular formula is C19H37N5O. The van der Waals surface area contributed by atoms with E-state index in [1.807, 2.05) is 24.6 Å². The molecule has 0 aliphatic carbocycles. The molecule has 1 atom stereocenters. The van der Waals surface area contributed by atoms with Crippen molar-refractivity contribution in [1.29, 1.82) is 5.26 Å². The van der Waals surface area contributed by atoms with Crippen LogP contribution in [0.2, 0.25) is 0 Å². The third kappa shape index (κ3) is 10.6. The van der Waals surface area contributed by atoms with Gasteiger partial charge in [-0.1, -0.05) is 20.8 Å². The first-order valence-electron chi connectivity index (χ1n) is 8.50. The predicted octanol–water partition coefficient (Wildman–Crippen LogP) is 3.56. The van der Waals surface area contributed by atoms with Gasteiger partial charge in [0.1, 0.15) is 17.5 Å². The van der Waals surface area contributed by atoms with Gasteiger partial charge in [0.05, 0.1) is 17.3 Å². The van der Waals surface area contributed by atoms with Crippen LogP contribution in [0.15, 0.2) is 0 Å². The smallest absolute Gasteiger partial charge is 0.146 e. The van der Waals surface area contributed by atoms with Gasteiger partial charge >= 0.3 is 0 Å². The van der Waals surface area contributed by atoms with Gasteiger partial charge in [-0.2, -0.15) is 10.4 Å². The van der Waals surface area contributed by atoms with Crippen LogP contribution in [0.5, 0.6) is 0 Å². The van der Waals surface area contributed by atoms with Crippen molar-refractivity contribution in [2.24, 2.45) is 17.1 Å². The molecule has 1 aromatic rings. The molecule has 4 N–H and O–H groups in total. The van der Waals surface area contributed by atoms with E-state index in [9.17, 15) is 4.79 Å². The lowest BCUT2D eigenvalue weighted by molar-refractivity contribution is -0.118. The number of carbonyl (C=O) groups is 1. The molecule has 0 saturated carbocycles. The summed E-state index contributed by atoms with van der Waals surface area (Å²) in [5.41, 5.74) is 13.6. The van der Waals surface area contributed by atoms with E-state index in [-0.39, 0.29) is 11.3 Å². The van der Waals surface area contributed by atoms with Crippen LogP contribution in [0.25, 0.3) is 0 Å². The maximum Gasteiger partial charge on any atom is 0.146 e. The quantitative estimate of drug-likeness (QED) is 0.803. The number of rotatable bonds is 1. The topological polar surface area (TPSA) is 111 Å². The van der Waals surface area contributed by atoms with E-state index >= 15 is 0 Å². The summed E-state index contributed by atoms with van der Waals surface area (Å²) < 4.78 is 1.87. The van der Waals surface area contributed by atoms with Gasteiger partial charge in [0.25, 0.3) is 0 Å². The largest absolute Gasteiger partial charge is 0.384 e. The summed E-state index contributed by atoms with van der Waals surface area (Å²) in [7, 11) is 0. The summed E-state index contributed by atoms with van der Waals surface area (Å²) in [5, 5.41) is 12.4. The number of hydrogen-bond acceptors (Lipinski definition) is 5. The van der Waals surface area contributed by atoms with E-state index in [4.69, 9.17) is 16.7 Å². The Morgan fingerprint density at radius 3 is 1.72 bits per heavy atom. The molecule has 1 unspecified atom stereocenters. The van der Waals surface area contributed by atoms with Crippen LogP contribution in [-0.2, 0) is 10.3 Å². The van der Waals surface area contributed by atoms with Gasteiger partial charge in [0.2, 0.25) is 0 Å². The molecule has 0 radical (unpaired) electrons. The van der Waals surface area contributed by atoms with Crippen molar-refractivity contribution in [2.45, 2.75) is 74.8 Å². The molecule has 0 aromatic carbocycles. The average molecular weight is 352 g/mol. The number of nitrogen functional groups attached to an aromatic ring is 1. The Morgan fingerprint density at radius 1 is 1.24 bits per heavy atom. The molecule has 6 heteroatoms. The Morgan fingerprint density at radius 2 is 1.64 bits per heavy atom. The summed E-state index contributed by atoms with van der Waals surface area (Å²) in [5.74, 6) is 0.280. The Hall–Kier alpha value is -1.87. The van der Waals surface area contributed by atoms with Crippen molar-refractivity contribution in [2.75, 3.05) is 12.3 Å². The Balaban J connectivity index is 0. The SMILES string of the molecule is CC(=O)C(C)C#N.CC(C)(C)CN.Cc1nn(C(C)(C)C)c(N)c1C. The molecule has 1 rings (SSSR count). The second-order valence-electron chi connectivity index (χ2n) is 8.40. The minimum Gasteiger partial charge on any atom is -0.384 e. The highest BCUT2D eigenvalue weighted by Gasteiger charge is 2.19. The van der Waals surface area contributed by atoms with Crippen LogP contribution in [0.3, 0.4) is 0 Å². The fourth-order valence-electron chi connectivity index (χ4n) is 1.23. The minimum atomic E-state index is -0.431. The number of hydrogen-bond donors (Lipinski definition) is 2. The van der Waals surface area contributed by atoms with E-state index in [0.717, 1.165) is 23.6 Å². The number of nitrogens with zero attached hydrogens (tertiary/aromatic N) is 3. The normalized spacial score (nSPS) is 12.1. The van der Waals surface area contributed by atoms with Gasteiger partial charge in [-0.05, 0) is 60.4 Å². The average Bonchev–Trinajstić information content (AvgIpc) is 2.74. The molecule has 0 spiro atoms. The molecule has 1 heterocycles. The van der Waals surface area contributed by atoms with Crippen LogP contribution in [0.4, 0.5) is 5.82 Å². The number of carbonyl (C=O) groups excluding carboxylic acids is 1. The molecule has 0 bridgehead atoms. The van der Waals surface area contributed by atoms with E-state index < -0.39 is 5.92 Å². The van der Waals surface area contributed by atoms with Crippen LogP contribution in [0, 0.1) is 36.5 Å². The standard InChI is InChI=1S/C9H17N3.C5H7NO.C5H13N/c1-6-7(2)11-12(8(6)10)9(3,4)5;1-4(3-6)5(2)7;1-5(2,3)4-6/h10H2,1-5H3;4H,1-2H3;4,6H2,1-3H3. The Labute approximate surface area is 153 Å². The molecule has 0 amide bonds. The van der Waals surface area contributed by atoms with Gasteiger partial charge < -0.3 is 11.5 Å². The summed E-state index contributed by atoms with van der Waals surface area (Å²) in [6, 6.07) is 1.81. The highest BCUT2D eigenvalue weighted by molar-refractivity contribution is 5.80. The van der Waals surface area contributed by atoms with Gasteiger partial charge in [-0.3, -0.25) is 4.79 Å². The lowest BCUT2D eigenvalue weighted by Gasteiger charge is -2.20. The maximum absolute atomic E-state index is 10.2. The molecule has 1 aromatic heterocycles. The first kappa shape index (κ1) is 25.4. The van der Waals surface area contributed by atoms with Crippen molar-refractivity contribution in [3.63, 3.8) is 0 Å². The summed E-state index contributed by atoms with van der Waals surface area (Å²) >= 11 is 0. The predicted molar refractivity (Wildman–Crippen MR) is 105 cm³/mol.